The predicted octanol–water partition coefficient (Wildman–Crippen LogP) is 3.84. The van der Waals surface area contributed by atoms with Gasteiger partial charge in [0.1, 0.15) is 5.75 Å². The fourth-order valence-corrected chi connectivity index (χ4v) is 2.40. The van der Waals surface area contributed by atoms with Gasteiger partial charge in [-0.05, 0) is 36.8 Å². The van der Waals surface area contributed by atoms with Crippen LogP contribution in [-0.4, -0.2) is 29.9 Å². The summed E-state index contributed by atoms with van der Waals surface area (Å²) in [4.78, 5) is 24.2. The van der Waals surface area contributed by atoms with Crippen LogP contribution in [0.4, 0.5) is 5.69 Å². The van der Waals surface area contributed by atoms with Crippen molar-refractivity contribution in [2.24, 2.45) is 0 Å². The lowest BCUT2D eigenvalue weighted by atomic mass is 10.1. The van der Waals surface area contributed by atoms with Crippen molar-refractivity contribution in [2.45, 2.75) is 13.0 Å². The third-order valence-corrected chi connectivity index (χ3v) is 4.04. The second-order valence-corrected chi connectivity index (χ2v) is 5.55. The minimum absolute atomic E-state index is 0.0189. The highest BCUT2D eigenvalue weighted by atomic mass is 16.6. The number of para-hydroxylation sites is 1. The summed E-state index contributed by atoms with van der Waals surface area (Å²) in [6, 6.07) is 13.4. The third-order valence-electron chi connectivity index (χ3n) is 4.04. The van der Waals surface area contributed by atoms with Gasteiger partial charge in [-0.1, -0.05) is 18.2 Å². The molecule has 2 aromatic rings. The molecule has 1 amide bonds. The Kier molecular flexibility index (Phi) is 5.89. The molecule has 0 fully saturated rings. The van der Waals surface area contributed by atoms with Crippen LogP contribution in [0, 0.1) is 10.1 Å². The van der Waals surface area contributed by atoms with Gasteiger partial charge < -0.3 is 9.64 Å². The van der Waals surface area contributed by atoms with E-state index in [0.29, 0.717) is 0 Å². The average Bonchev–Trinajstić information content (AvgIpc) is 2.65. The van der Waals surface area contributed by atoms with Gasteiger partial charge >= 0.3 is 0 Å². The molecule has 0 radical (unpaired) electrons. The van der Waals surface area contributed by atoms with Crippen molar-refractivity contribution in [1.29, 1.82) is 0 Å². The SMILES string of the molecule is COc1ccccc1C(C)N(C)C(=O)/C=C/c1ccc([N+](=O)[O-])cc1. The highest BCUT2D eigenvalue weighted by molar-refractivity contribution is 5.92. The molecule has 130 valence electrons. The van der Waals surface area contributed by atoms with Crippen molar-refractivity contribution >= 4 is 17.7 Å². The zero-order valence-electron chi connectivity index (χ0n) is 14.4. The van der Waals surface area contributed by atoms with E-state index in [1.165, 1.54) is 18.2 Å². The molecule has 0 aromatic heterocycles. The molecular weight excluding hydrogens is 320 g/mol. The van der Waals surface area contributed by atoms with Crippen LogP contribution in [0.15, 0.2) is 54.6 Å². The first-order chi connectivity index (χ1) is 11.9. The maximum atomic E-state index is 12.4. The number of carbonyl (C=O) groups is 1. The second kappa shape index (κ2) is 8.10. The average molecular weight is 340 g/mol. The van der Waals surface area contributed by atoms with Crippen molar-refractivity contribution in [3.63, 3.8) is 0 Å². The summed E-state index contributed by atoms with van der Waals surface area (Å²) >= 11 is 0. The number of hydrogen-bond donors (Lipinski definition) is 0. The summed E-state index contributed by atoms with van der Waals surface area (Å²) in [7, 11) is 3.32. The molecular formula is C19H20N2O4. The Labute approximate surface area is 146 Å². The zero-order chi connectivity index (χ0) is 18.4. The summed E-state index contributed by atoms with van der Waals surface area (Å²) < 4.78 is 5.35. The molecule has 0 heterocycles. The highest BCUT2D eigenvalue weighted by Gasteiger charge is 2.18. The molecule has 0 bridgehead atoms. The van der Waals surface area contributed by atoms with E-state index in [1.54, 1.807) is 37.3 Å². The Morgan fingerprint density at radius 3 is 2.44 bits per heavy atom. The minimum Gasteiger partial charge on any atom is -0.496 e. The molecule has 0 saturated heterocycles. The number of amides is 1. The van der Waals surface area contributed by atoms with Gasteiger partial charge in [-0.3, -0.25) is 14.9 Å². The van der Waals surface area contributed by atoms with Crippen LogP contribution < -0.4 is 4.74 Å². The topological polar surface area (TPSA) is 72.7 Å². The number of rotatable bonds is 6. The van der Waals surface area contributed by atoms with Gasteiger partial charge in [0.05, 0.1) is 18.1 Å². The van der Waals surface area contributed by atoms with Gasteiger partial charge in [0, 0.05) is 30.8 Å². The van der Waals surface area contributed by atoms with E-state index in [1.807, 2.05) is 31.2 Å². The number of nitro benzene ring substituents is 1. The Balaban J connectivity index is 2.10. The smallest absolute Gasteiger partial charge is 0.269 e. The van der Waals surface area contributed by atoms with Crippen LogP contribution in [0.25, 0.3) is 6.08 Å². The van der Waals surface area contributed by atoms with E-state index in [2.05, 4.69) is 0 Å². The molecule has 0 spiro atoms. The van der Waals surface area contributed by atoms with Gasteiger partial charge in [0.2, 0.25) is 5.91 Å². The van der Waals surface area contributed by atoms with Crippen molar-refractivity contribution in [2.75, 3.05) is 14.2 Å². The maximum Gasteiger partial charge on any atom is 0.269 e. The number of nitrogens with zero attached hydrogens (tertiary/aromatic N) is 2. The van der Waals surface area contributed by atoms with Crippen molar-refractivity contribution in [3.8, 4) is 5.75 Å². The zero-order valence-corrected chi connectivity index (χ0v) is 14.4. The number of nitro groups is 1. The standard InChI is InChI=1S/C19H20N2O4/c1-14(17-6-4-5-7-18(17)25-3)20(2)19(22)13-10-15-8-11-16(12-9-15)21(23)24/h4-14H,1-3H3/b13-10+. The normalized spacial score (nSPS) is 12.0. The van der Waals surface area contributed by atoms with E-state index in [-0.39, 0.29) is 17.6 Å². The van der Waals surface area contributed by atoms with E-state index < -0.39 is 4.92 Å². The van der Waals surface area contributed by atoms with Crippen LogP contribution in [0.1, 0.15) is 24.1 Å². The van der Waals surface area contributed by atoms with Crippen LogP contribution in [0.5, 0.6) is 5.75 Å². The molecule has 1 unspecified atom stereocenters. The monoisotopic (exact) mass is 340 g/mol. The summed E-state index contributed by atoms with van der Waals surface area (Å²) in [6.07, 6.45) is 3.09. The number of benzene rings is 2. The first-order valence-corrected chi connectivity index (χ1v) is 7.76. The van der Waals surface area contributed by atoms with E-state index in [0.717, 1.165) is 16.9 Å². The first kappa shape index (κ1) is 18.2. The Morgan fingerprint density at radius 2 is 1.84 bits per heavy atom. The largest absolute Gasteiger partial charge is 0.496 e. The number of ether oxygens (including phenoxy) is 1. The van der Waals surface area contributed by atoms with Gasteiger partial charge in [0.25, 0.3) is 5.69 Å². The lowest BCUT2D eigenvalue weighted by molar-refractivity contribution is -0.384. The molecule has 0 aliphatic carbocycles. The van der Waals surface area contributed by atoms with Gasteiger partial charge in [-0.25, -0.2) is 0 Å². The van der Waals surface area contributed by atoms with Crippen molar-refractivity contribution in [1.82, 2.24) is 4.90 Å². The number of carbonyl (C=O) groups excluding carboxylic acids is 1. The lowest BCUT2D eigenvalue weighted by Crippen LogP contribution is -2.28. The second-order valence-electron chi connectivity index (χ2n) is 5.55. The minimum atomic E-state index is -0.457. The van der Waals surface area contributed by atoms with Crippen LogP contribution >= 0.6 is 0 Å². The summed E-state index contributed by atoms with van der Waals surface area (Å²) in [5, 5.41) is 10.6. The first-order valence-electron chi connectivity index (χ1n) is 7.76. The van der Waals surface area contributed by atoms with Gasteiger partial charge in [-0.2, -0.15) is 0 Å². The molecule has 25 heavy (non-hydrogen) atoms. The number of methoxy groups -OCH3 is 1. The maximum absolute atomic E-state index is 12.4. The molecule has 2 rings (SSSR count). The van der Waals surface area contributed by atoms with Crippen LogP contribution in [0.2, 0.25) is 0 Å². The lowest BCUT2D eigenvalue weighted by Gasteiger charge is -2.25. The molecule has 2 aromatic carbocycles. The molecule has 6 heteroatoms. The predicted molar refractivity (Wildman–Crippen MR) is 96.3 cm³/mol. The quantitative estimate of drug-likeness (QED) is 0.455. The summed E-state index contributed by atoms with van der Waals surface area (Å²) in [5.74, 6) is 0.561. The molecule has 1 atom stereocenters. The molecule has 0 aliphatic rings. The van der Waals surface area contributed by atoms with Gasteiger partial charge in [-0.15, -0.1) is 0 Å². The van der Waals surface area contributed by atoms with Crippen LogP contribution in [-0.2, 0) is 4.79 Å². The molecule has 6 nitrogen and oxygen atoms in total. The molecule has 0 aliphatic heterocycles. The third kappa shape index (κ3) is 4.44. The fraction of sp³-hybridized carbons (Fsp3) is 0.211. The van der Waals surface area contributed by atoms with Gasteiger partial charge in [0.15, 0.2) is 0 Å². The molecule has 0 saturated carbocycles. The fourth-order valence-electron chi connectivity index (χ4n) is 2.40. The highest BCUT2D eigenvalue weighted by Crippen LogP contribution is 2.28. The summed E-state index contributed by atoms with van der Waals surface area (Å²) in [6.45, 7) is 1.93. The molecule has 0 N–H and O–H groups in total. The van der Waals surface area contributed by atoms with Crippen LogP contribution in [0.3, 0.4) is 0 Å². The summed E-state index contributed by atoms with van der Waals surface area (Å²) in [5.41, 5.74) is 1.66. The Bertz CT molecular complexity index is 784. The number of non-ortho nitro benzene ring substituents is 1. The number of hydrogen-bond acceptors (Lipinski definition) is 4. The van der Waals surface area contributed by atoms with Crippen molar-refractivity contribution < 1.29 is 14.5 Å². The van der Waals surface area contributed by atoms with Crippen molar-refractivity contribution in [3.05, 3.63) is 75.8 Å². The van der Waals surface area contributed by atoms with E-state index in [4.69, 9.17) is 4.74 Å². The number of likely N-dealkylation sites (N-methyl/N-ethyl adjacent to an activating group) is 1. The van der Waals surface area contributed by atoms with E-state index >= 15 is 0 Å². The van der Waals surface area contributed by atoms with E-state index in [9.17, 15) is 14.9 Å². The Morgan fingerprint density at radius 1 is 1.20 bits per heavy atom. The Hall–Kier alpha value is -3.15.